The van der Waals surface area contributed by atoms with Gasteiger partial charge in [-0.1, -0.05) is 0 Å². The lowest BCUT2D eigenvalue weighted by atomic mass is 10.1. The van der Waals surface area contributed by atoms with Gasteiger partial charge < -0.3 is 24.2 Å². The predicted molar refractivity (Wildman–Crippen MR) is 48.4 cm³/mol. The number of hydrogen-bond donors (Lipinski definition) is 2. The van der Waals surface area contributed by atoms with Crippen LogP contribution >= 0.6 is 0 Å². The average Bonchev–Trinajstić information content (AvgIpc) is 2.49. The van der Waals surface area contributed by atoms with E-state index in [4.69, 9.17) is 9.47 Å². The third-order valence-corrected chi connectivity index (χ3v) is 2.98. The first-order chi connectivity index (χ1) is 6.41. The maximum atomic E-state index is 9.72. The zero-order valence-electron chi connectivity index (χ0n) is 8.75. The van der Waals surface area contributed by atoms with E-state index in [1.165, 1.54) is 0 Å². The largest absolute Gasteiger partial charge is 0.388 e. The minimum atomic E-state index is -0.847. The zero-order valence-corrected chi connectivity index (χ0v) is 8.75. The highest BCUT2D eigenvalue weighted by atomic mass is 16.7. The van der Waals surface area contributed by atoms with E-state index >= 15 is 0 Å². The number of quaternary nitrogens is 1. The van der Waals surface area contributed by atoms with E-state index in [0.717, 1.165) is 0 Å². The van der Waals surface area contributed by atoms with Crippen LogP contribution in [0.15, 0.2) is 0 Å². The van der Waals surface area contributed by atoms with E-state index in [0.29, 0.717) is 11.1 Å². The molecule has 0 aromatic carbocycles. The zero-order chi connectivity index (χ0) is 10.5. The summed E-state index contributed by atoms with van der Waals surface area (Å²) in [5.41, 5.74) is 0. The van der Waals surface area contributed by atoms with Gasteiger partial charge in [0.2, 0.25) is 6.29 Å². The van der Waals surface area contributed by atoms with E-state index in [9.17, 15) is 10.2 Å². The normalized spacial score (nSPS) is 48.2. The van der Waals surface area contributed by atoms with Crippen LogP contribution in [-0.4, -0.2) is 73.1 Å². The molecule has 0 spiro atoms. The molecule has 5 nitrogen and oxygen atoms in total. The molecule has 5 unspecified atom stereocenters. The Labute approximate surface area is 83.4 Å². The molecular formula is C9H18NO4+. The molecule has 82 valence electrons. The van der Waals surface area contributed by atoms with Crippen LogP contribution in [0.3, 0.4) is 0 Å². The van der Waals surface area contributed by atoms with Crippen molar-refractivity contribution in [3.8, 4) is 0 Å². The SMILES string of the molecule is C[N+](C)(C)C1C(O)OC2C(O)COC21. The standard InChI is InChI=1S/C9H18NO4/c1-10(2,3)6-8-7(14-9(6)12)5(11)4-13-8/h5-9,11-12H,4H2,1-3H3/q+1. The first kappa shape index (κ1) is 10.3. The molecule has 0 radical (unpaired) electrons. The molecule has 0 saturated carbocycles. The van der Waals surface area contributed by atoms with Crippen LogP contribution in [-0.2, 0) is 9.47 Å². The van der Waals surface area contributed by atoms with Gasteiger partial charge in [-0.3, -0.25) is 0 Å². The molecule has 0 aromatic heterocycles. The summed E-state index contributed by atoms with van der Waals surface area (Å²) in [7, 11) is 5.94. The van der Waals surface area contributed by atoms with Crippen molar-refractivity contribution >= 4 is 0 Å². The van der Waals surface area contributed by atoms with Crippen LogP contribution in [0.5, 0.6) is 0 Å². The second-order valence-corrected chi connectivity index (χ2v) is 4.96. The summed E-state index contributed by atoms with van der Waals surface area (Å²) in [6.07, 6.45) is -2.02. The Morgan fingerprint density at radius 2 is 1.79 bits per heavy atom. The summed E-state index contributed by atoms with van der Waals surface area (Å²) in [6, 6.07) is -0.128. The molecular weight excluding hydrogens is 186 g/mol. The Kier molecular flexibility index (Phi) is 2.32. The third kappa shape index (κ3) is 1.45. The lowest BCUT2D eigenvalue weighted by Crippen LogP contribution is -2.55. The van der Waals surface area contributed by atoms with Gasteiger partial charge in [0, 0.05) is 0 Å². The highest BCUT2D eigenvalue weighted by molar-refractivity contribution is 4.96. The Morgan fingerprint density at radius 3 is 2.36 bits per heavy atom. The average molecular weight is 204 g/mol. The second-order valence-electron chi connectivity index (χ2n) is 4.96. The summed E-state index contributed by atoms with van der Waals surface area (Å²) < 4.78 is 11.3. The van der Waals surface area contributed by atoms with Crippen LogP contribution in [0.1, 0.15) is 0 Å². The van der Waals surface area contributed by atoms with Gasteiger partial charge in [0.1, 0.15) is 18.3 Å². The lowest BCUT2D eigenvalue weighted by molar-refractivity contribution is -0.903. The molecule has 2 aliphatic heterocycles. The Hall–Kier alpha value is -0.200. The molecule has 5 heteroatoms. The van der Waals surface area contributed by atoms with Crippen molar-refractivity contribution in [2.45, 2.75) is 30.6 Å². The van der Waals surface area contributed by atoms with Crippen molar-refractivity contribution in [3.05, 3.63) is 0 Å². The number of aliphatic hydroxyl groups is 2. The summed E-state index contributed by atoms with van der Waals surface area (Å²) in [5, 5.41) is 19.3. The van der Waals surface area contributed by atoms with Crippen LogP contribution in [0.4, 0.5) is 0 Å². The van der Waals surface area contributed by atoms with Crippen molar-refractivity contribution in [2.75, 3.05) is 27.7 Å². The van der Waals surface area contributed by atoms with E-state index in [-0.39, 0.29) is 18.2 Å². The molecule has 2 rings (SSSR count). The van der Waals surface area contributed by atoms with Gasteiger partial charge in [-0.15, -0.1) is 0 Å². The number of likely N-dealkylation sites (N-methyl/N-ethyl adjacent to an activating group) is 1. The van der Waals surface area contributed by atoms with Crippen LogP contribution in [0.2, 0.25) is 0 Å². The molecule has 2 fully saturated rings. The number of rotatable bonds is 1. The Balaban J connectivity index is 2.19. The number of ether oxygens (including phenoxy) is 2. The van der Waals surface area contributed by atoms with Gasteiger partial charge in [-0.2, -0.15) is 0 Å². The molecule has 14 heavy (non-hydrogen) atoms. The summed E-state index contributed by atoms with van der Waals surface area (Å²) in [5.74, 6) is 0. The maximum Gasteiger partial charge on any atom is 0.211 e. The van der Waals surface area contributed by atoms with E-state index in [2.05, 4.69) is 0 Å². The van der Waals surface area contributed by atoms with Gasteiger partial charge in [0.05, 0.1) is 27.7 Å². The molecule has 5 atom stereocenters. The number of fused-ring (bicyclic) bond motifs is 1. The van der Waals surface area contributed by atoms with Crippen molar-refractivity contribution in [2.24, 2.45) is 0 Å². The van der Waals surface area contributed by atoms with Crippen molar-refractivity contribution in [3.63, 3.8) is 0 Å². The molecule has 2 heterocycles. The molecule has 2 aliphatic rings. The molecule has 0 aromatic rings. The molecule has 0 aliphatic carbocycles. The van der Waals surface area contributed by atoms with Crippen LogP contribution in [0.25, 0.3) is 0 Å². The Morgan fingerprint density at radius 1 is 1.14 bits per heavy atom. The van der Waals surface area contributed by atoms with Crippen LogP contribution in [0, 0.1) is 0 Å². The molecule has 0 amide bonds. The summed E-state index contributed by atoms with van der Waals surface area (Å²) in [4.78, 5) is 0. The van der Waals surface area contributed by atoms with Crippen molar-refractivity contribution in [1.29, 1.82) is 0 Å². The van der Waals surface area contributed by atoms with Crippen LogP contribution < -0.4 is 0 Å². The number of aliphatic hydroxyl groups excluding tert-OH is 2. The fourth-order valence-corrected chi connectivity index (χ4v) is 2.31. The topological polar surface area (TPSA) is 58.9 Å². The summed E-state index contributed by atoms with van der Waals surface area (Å²) in [6.45, 7) is 0.304. The predicted octanol–water partition coefficient (Wildman–Crippen LogP) is -1.46. The van der Waals surface area contributed by atoms with Crippen molar-refractivity contribution in [1.82, 2.24) is 0 Å². The maximum absolute atomic E-state index is 9.72. The van der Waals surface area contributed by atoms with E-state index < -0.39 is 12.4 Å². The van der Waals surface area contributed by atoms with Gasteiger partial charge in [-0.05, 0) is 0 Å². The number of hydrogen-bond acceptors (Lipinski definition) is 4. The third-order valence-electron chi connectivity index (χ3n) is 2.98. The number of nitrogens with zero attached hydrogens (tertiary/aromatic N) is 1. The summed E-state index contributed by atoms with van der Waals surface area (Å²) >= 11 is 0. The minimum Gasteiger partial charge on any atom is -0.388 e. The first-order valence-electron chi connectivity index (χ1n) is 4.85. The first-order valence-corrected chi connectivity index (χ1v) is 4.85. The van der Waals surface area contributed by atoms with E-state index in [1.54, 1.807) is 0 Å². The quantitative estimate of drug-likeness (QED) is 0.512. The highest BCUT2D eigenvalue weighted by Gasteiger charge is 2.57. The van der Waals surface area contributed by atoms with Gasteiger partial charge in [0.15, 0.2) is 6.04 Å². The molecule has 2 N–H and O–H groups in total. The molecule has 2 saturated heterocycles. The smallest absolute Gasteiger partial charge is 0.211 e. The van der Waals surface area contributed by atoms with Gasteiger partial charge in [0.25, 0.3) is 0 Å². The minimum absolute atomic E-state index is 0.128. The Bertz CT molecular complexity index is 227. The van der Waals surface area contributed by atoms with Gasteiger partial charge in [-0.25, -0.2) is 0 Å². The lowest BCUT2D eigenvalue weighted by Gasteiger charge is -2.34. The van der Waals surface area contributed by atoms with Gasteiger partial charge >= 0.3 is 0 Å². The van der Waals surface area contributed by atoms with E-state index in [1.807, 2.05) is 21.1 Å². The van der Waals surface area contributed by atoms with Crippen molar-refractivity contribution < 1.29 is 24.2 Å². The fourth-order valence-electron chi connectivity index (χ4n) is 2.31. The highest BCUT2D eigenvalue weighted by Crippen LogP contribution is 2.34. The monoisotopic (exact) mass is 204 g/mol. The fraction of sp³-hybridized carbons (Fsp3) is 1.00. The molecule has 0 bridgehead atoms. The second kappa shape index (κ2) is 3.15.